The zero-order chi connectivity index (χ0) is 22.4. The first-order valence-electron chi connectivity index (χ1n) is 10.2. The number of unbranched alkanes of at least 4 members (excludes halogenated alkanes) is 3. The van der Waals surface area contributed by atoms with Gasteiger partial charge in [-0.25, -0.2) is 0 Å². The molecule has 2 heterocycles. The van der Waals surface area contributed by atoms with Crippen molar-refractivity contribution in [2.45, 2.75) is 51.9 Å². The molecule has 3 rings (SSSR count). The van der Waals surface area contributed by atoms with E-state index in [0.29, 0.717) is 24.4 Å². The van der Waals surface area contributed by atoms with Crippen LogP contribution in [0, 0.1) is 10.1 Å². The Kier molecular flexibility index (Phi) is 7.40. The summed E-state index contributed by atoms with van der Waals surface area (Å²) in [5.41, 5.74) is -0.439. The van der Waals surface area contributed by atoms with Crippen LogP contribution < -0.4 is 5.32 Å². The molecule has 0 radical (unpaired) electrons. The van der Waals surface area contributed by atoms with Gasteiger partial charge in [-0.15, -0.1) is 10.2 Å². The number of fused-ring (bicyclic) bond motifs is 1. The molecule has 0 unspecified atom stereocenters. The van der Waals surface area contributed by atoms with Gasteiger partial charge in [0.05, 0.1) is 10.5 Å². The first kappa shape index (κ1) is 22.5. The molecule has 0 saturated carbocycles. The van der Waals surface area contributed by atoms with Crippen LogP contribution >= 0.6 is 11.3 Å². The molecule has 1 N–H and O–H groups in total. The Bertz CT molecular complexity index is 1010. The van der Waals surface area contributed by atoms with Gasteiger partial charge in [0.25, 0.3) is 17.5 Å². The Morgan fingerprint density at radius 3 is 2.71 bits per heavy atom. The molecular weight excluding hydrogens is 422 g/mol. The average molecular weight is 446 g/mol. The lowest BCUT2D eigenvalue weighted by molar-refractivity contribution is -0.385. The largest absolute Gasteiger partial charge is 0.301 e. The quantitative estimate of drug-likeness (QED) is 0.242. The number of carbonyl (C=O) groups excluding carboxylic acids is 3. The SMILES string of the molecule is CCCCc1nnc(NC(=O)CCCCCN2C(=O)c3cccc([N+](=O)[O-])c3C2=O)s1. The molecule has 1 aliphatic rings. The number of nitro benzene ring substituents is 1. The smallest absolute Gasteiger partial charge is 0.282 e. The first-order chi connectivity index (χ1) is 14.9. The maximum atomic E-state index is 12.5. The van der Waals surface area contributed by atoms with E-state index in [1.807, 2.05) is 0 Å². The highest BCUT2D eigenvalue weighted by Gasteiger charge is 2.40. The molecule has 0 aliphatic carbocycles. The topological polar surface area (TPSA) is 135 Å². The molecule has 1 aromatic carbocycles. The van der Waals surface area contributed by atoms with Crippen LogP contribution in [0.1, 0.15) is 71.2 Å². The highest BCUT2D eigenvalue weighted by atomic mass is 32.1. The van der Waals surface area contributed by atoms with Gasteiger partial charge in [-0.2, -0.15) is 0 Å². The number of benzene rings is 1. The maximum Gasteiger partial charge on any atom is 0.282 e. The molecule has 0 bridgehead atoms. The second-order valence-electron chi connectivity index (χ2n) is 7.18. The third-order valence-corrected chi connectivity index (χ3v) is 5.82. The van der Waals surface area contributed by atoms with Crippen LogP contribution in [0.2, 0.25) is 0 Å². The van der Waals surface area contributed by atoms with E-state index in [0.717, 1.165) is 29.2 Å². The summed E-state index contributed by atoms with van der Waals surface area (Å²) >= 11 is 1.38. The fourth-order valence-corrected chi connectivity index (χ4v) is 4.12. The van der Waals surface area contributed by atoms with Crippen LogP contribution in [-0.2, 0) is 11.2 Å². The number of aryl methyl sites for hydroxylation is 1. The van der Waals surface area contributed by atoms with Gasteiger partial charge in [0.2, 0.25) is 11.0 Å². The van der Waals surface area contributed by atoms with Crippen LogP contribution in [0.5, 0.6) is 0 Å². The summed E-state index contributed by atoms with van der Waals surface area (Å²) in [5, 5.41) is 23.3. The number of amides is 3. The highest BCUT2D eigenvalue weighted by Crippen LogP contribution is 2.30. The molecule has 31 heavy (non-hydrogen) atoms. The number of aromatic nitrogens is 2. The predicted molar refractivity (Wildman–Crippen MR) is 114 cm³/mol. The first-order valence-corrected chi connectivity index (χ1v) is 11.0. The van der Waals surface area contributed by atoms with Crippen molar-refractivity contribution in [3.05, 3.63) is 44.4 Å². The molecule has 3 amide bonds. The van der Waals surface area contributed by atoms with Gasteiger partial charge >= 0.3 is 0 Å². The van der Waals surface area contributed by atoms with Crippen molar-refractivity contribution >= 4 is 39.9 Å². The monoisotopic (exact) mass is 445 g/mol. The van der Waals surface area contributed by atoms with Crippen LogP contribution in [0.25, 0.3) is 0 Å². The molecule has 2 aromatic rings. The minimum Gasteiger partial charge on any atom is -0.301 e. The third-order valence-electron chi connectivity index (χ3n) is 4.92. The molecule has 10 nitrogen and oxygen atoms in total. The summed E-state index contributed by atoms with van der Waals surface area (Å²) in [6.45, 7) is 2.25. The number of nitrogens with one attached hydrogen (secondary N) is 1. The van der Waals surface area contributed by atoms with Gasteiger partial charge in [0, 0.05) is 25.5 Å². The summed E-state index contributed by atoms with van der Waals surface area (Å²) in [6.07, 6.45) is 4.95. The zero-order valence-corrected chi connectivity index (χ0v) is 17.9. The lowest BCUT2D eigenvalue weighted by Gasteiger charge is -2.13. The minimum atomic E-state index is -0.656. The Morgan fingerprint density at radius 2 is 1.97 bits per heavy atom. The van der Waals surface area contributed by atoms with E-state index in [2.05, 4.69) is 22.4 Å². The fourth-order valence-electron chi connectivity index (χ4n) is 3.32. The molecule has 1 aromatic heterocycles. The Hall–Kier alpha value is -3.21. The lowest BCUT2D eigenvalue weighted by atomic mass is 10.1. The summed E-state index contributed by atoms with van der Waals surface area (Å²) in [7, 11) is 0. The number of nitro groups is 1. The average Bonchev–Trinajstić information content (AvgIpc) is 3.29. The summed E-state index contributed by atoms with van der Waals surface area (Å²) < 4.78 is 0. The third kappa shape index (κ3) is 5.29. The Labute approximate surface area is 182 Å². The van der Waals surface area contributed by atoms with Crippen molar-refractivity contribution < 1.29 is 19.3 Å². The van der Waals surface area contributed by atoms with Gasteiger partial charge in [0.1, 0.15) is 10.6 Å². The predicted octanol–water partition coefficient (Wildman–Crippen LogP) is 3.58. The molecule has 1 aliphatic heterocycles. The summed E-state index contributed by atoms with van der Waals surface area (Å²) in [6, 6.07) is 4.04. The number of rotatable bonds is 11. The number of imide groups is 1. The molecule has 0 saturated heterocycles. The van der Waals surface area contributed by atoms with Crippen molar-refractivity contribution in [3.8, 4) is 0 Å². The number of anilines is 1. The van der Waals surface area contributed by atoms with E-state index in [-0.39, 0.29) is 35.7 Å². The van der Waals surface area contributed by atoms with E-state index in [4.69, 9.17) is 0 Å². The Morgan fingerprint density at radius 1 is 1.16 bits per heavy atom. The van der Waals surface area contributed by atoms with Crippen molar-refractivity contribution in [3.63, 3.8) is 0 Å². The molecule has 0 spiro atoms. The fraction of sp³-hybridized carbons (Fsp3) is 0.450. The standard InChI is InChI=1S/C20H23N5O5S/c1-2-3-11-16-22-23-20(31-16)21-15(26)10-5-4-6-12-24-18(27)13-8-7-9-14(25(29)30)17(13)19(24)28/h7-9H,2-6,10-12H2,1H3,(H,21,23,26). The lowest BCUT2D eigenvalue weighted by Crippen LogP contribution is -2.30. The molecular formula is C20H23N5O5S. The van der Waals surface area contributed by atoms with Gasteiger partial charge in [-0.3, -0.25) is 29.4 Å². The molecule has 0 fully saturated rings. The van der Waals surface area contributed by atoms with Crippen LogP contribution in [0.15, 0.2) is 18.2 Å². The van der Waals surface area contributed by atoms with Gasteiger partial charge in [-0.1, -0.05) is 37.2 Å². The van der Waals surface area contributed by atoms with Gasteiger partial charge in [0.15, 0.2) is 0 Å². The van der Waals surface area contributed by atoms with Crippen LogP contribution in [0.4, 0.5) is 10.8 Å². The van der Waals surface area contributed by atoms with E-state index in [1.165, 1.54) is 29.5 Å². The maximum absolute atomic E-state index is 12.5. The number of hydrogen-bond acceptors (Lipinski definition) is 8. The Balaban J connectivity index is 1.42. The van der Waals surface area contributed by atoms with Crippen LogP contribution in [-0.4, -0.2) is 44.3 Å². The second kappa shape index (κ2) is 10.2. The van der Waals surface area contributed by atoms with Crippen molar-refractivity contribution in [2.75, 3.05) is 11.9 Å². The van der Waals surface area contributed by atoms with Crippen molar-refractivity contribution in [2.24, 2.45) is 0 Å². The zero-order valence-electron chi connectivity index (χ0n) is 17.1. The van der Waals surface area contributed by atoms with E-state index < -0.39 is 16.7 Å². The minimum absolute atomic E-state index is 0.0638. The molecule has 11 heteroatoms. The van der Waals surface area contributed by atoms with Gasteiger partial charge < -0.3 is 5.32 Å². The van der Waals surface area contributed by atoms with Crippen molar-refractivity contribution in [1.29, 1.82) is 0 Å². The van der Waals surface area contributed by atoms with Crippen LogP contribution in [0.3, 0.4) is 0 Å². The normalized spacial score (nSPS) is 12.9. The van der Waals surface area contributed by atoms with E-state index in [1.54, 1.807) is 0 Å². The van der Waals surface area contributed by atoms with E-state index in [9.17, 15) is 24.5 Å². The summed E-state index contributed by atoms with van der Waals surface area (Å²) in [4.78, 5) is 48.5. The molecule has 0 atom stereocenters. The van der Waals surface area contributed by atoms with Crippen molar-refractivity contribution in [1.82, 2.24) is 15.1 Å². The number of carbonyl (C=O) groups is 3. The summed E-state index contributed by atoms with van der Waals surface area (Å²) in [5.74, 6) is -1.31. The second-order valence-corrected chi connectivity index (χ2v) is 8.24. The highest BCUT2D eigenvalue weighted by molar-refractivity contribution is 7.15. The van der Waals surface area contributed by atoms with E-state index >= 15 is 0 Å². The number of hydrogen-bond donors (Lipinski definition) is 1. The molecule has 164 valence electrons. The van der Waals surface area contributed by atoms with Gasteiger partial charge in [-0.05, 0) is 25.3 Å². The number of nitrogens with zero attached hydrogens (tertiary/aromatic N) is 4.